The topological polar surface area (TPSA) is 131 Å². The Morgan fingerprint density at radius 3 is 2.20 bits per heavy atom. The number of carbonyl (C=O) groups excluding carboxylic acids is 3. The fraction of sp³-hybridized carbons (Fsp3) is 0.174. The minimum Gasteiger partial charge on any atom is -0.450 e. The number of alkyl carbamates (subject to hydrolysis) is 1. The molecule has 184 valence electrons. The Bertz CT molecular complexity index is 1370. The molecule has 0 saturated carbocycles. The van der Waals surface area contributed by atoms with Crippen molar-refractivity contribution in [1.29, 1.82) is 0 Å². The van der Waals surface area contributed by atoms with E-state index < -0.39 is 33.7 Å². The van der Waals surface area contributed by atoms with Crippen LogP contribution in [0.25, 0.3) is 0 Å². The Balaban J connectivity index is 1.74. The number of imide groups is 1. The van der Waals surface area contributed by atoms with Gasteiger partial charge in [0.15, 0.2) is 0 Å². The van der Waals surface area contributed by atoms with Crippen LogP contribution in [-0.2, 0) is 14.8 Å². The Morgan fingerprint density at radius 1 is 0.971 bits per heavy atom. The highest BCUT2D eigenvalue weighted by atomic mass is 32.2. The van der Waals surface area contributed by atoms with E-state index in [9.17, 15) is 27.2 Å². The number of thiophene rings is 1. The molecule has 0 unspecified atom stereocenters. The number of halogens is 1. The standard InChI is InChI=1S/C23H22FN3O6S2/c1-4-33-23(30)26-21(29)19-13(2)14(3)34-22(19)25-20(28)15-5-9-17(10-6-15)27-35(31,32)18-11-7-16(24)8-12-18/h5-12,27H,4H2,1-3H3,(H,25,28)(H,26,29,30). The van der Waals surface area contributed by atoms with Crippen molar-refractivity contribution in [3.63, 3.8) is 0 Å². The second-order valence-corrected chi connectivity index (χ2v) is 10.2. The molecule has 3 aromatic rings. The van der Waals surface area contributed by atoms with Gasteiger partial charge in [0.1, 0.15) is 10.8 Å². The number of aryl methyl sites for hydroxylation is 1. The monoisotopic (exact) mass is 519 g/mol. The highest BCUT2D eigenvalue weighted by Gasteiger charge is 2.23. The summed E-state index contributed by atoms with van der Waals surface area (Å²) in [4.78, 5) is 37.7. The Morgan fingerprint density at radius 2 is 1.60 bits per heavy atom. The molecule has 0 saturated heterocycles. The number of hydrogen-bond acceptors (Lipinski definition) is 7. The van der Waals surface area contributed by atoms with Gasteiger partial charge in [-0.3, -0.25) is 19.6 Å². The number of carbonyl (C=O) groups is 3. The highest BCUT2D eigenvalue weighted by Crippen LogP contribution is 2.33. The van der Waals surface area contributed by atoms with E-state index >= 15 is 0 Å². The minimum absolute atomic E-state index is 0.0976. The quantitative estimate of drug-likeness (QED) is 0.423. The summed E-state index contributed by atoms with van der Waals surface area (Å²) in [6.07, 6.45) is -0.892. The zero-order valence-electron chi connectivity index (χ0n) is 19.0. The second kappa shape index (κ2) is 10.7. The normalized spacial score (nSPS) is 11.0. The van der Waals surface area contributed by atoms with Crippen molar-refractivity contribution in [1.82, 2.24) is 5.32 Å². The van der Waals surface area contributed by atoms with Gasteiger partial charge in [-0.1, -0.05) is 0 Å². The lowest BCUT2D eigenvalue weighted by atomic mass is 10.1. The average molecular weight is 520 g/mol. The summed E-state index contributed by atoms with van der Waals surface area (Å²) in [5.74, 6) is -1.80. The number of rotatable bonds is 7. The summed E-state index contributed by atoms with van der Waals surface area (Å²) in [5.41, 5.74) is 1.16. The number of hydrogen-bond donors (Lipinski definition) is 3. The number of sulfonamides is 1. The van der Waals surface area contributed by atoms with Gasteiger partial charge in [-0.2, -0.15) is 0 Å². The van der Waals surface area contributed by atoms with Crippen LogP contribution in [0, 0.1) is 19.7 Å². The van der Waals surface area contributed by atoms with E-state index in [0.717, 1.165) is 29.1 Å². The van der Waals surface area contributed by atoms with Crippen LogP contribution >= 0.6 is 11.3 Å². The van der Waals surface area contributed by atoms with E-state index in [-0.39, 0.29) is 33.3 Å². The molecule has 35 heavy (non-hydrogen) atoms. The molecule has 0 aliphatic heterocycles. The van der Waals surface area contributed by atoms with E-state index in [2.05, 4.69) is 15.4 Å². The number of amides is 3. The Kier molecular flexibility index (Phi) is 7.87. The summed E-state index contributed by atoms with van der Waals surface area (Å²) in [6, 6.07) is 9.96. The molecule has 0 bridgehead atoms. The molecule has 3 rings (SSSR count). The van der Waals surface area contributed by atoms with Gasteiger partial charge in [0.2, 0.25) is 0 Å². The van der Waals surface area contributed by atoms with Gasteiger partial charge in [-0.05, 0) is 74.9 Å². The van der Waals surface area contributed by atoms with Crippen molar-refractivity contribution < 1.29 is 31.9 Å². The maximum Gasteiger partial charge on any atom is 0.414 e. The van der Waals surface area contributed by atoms with Crippen molar-refractivity contribution in [2.45, 2.75) is 25.7 Å². The molecule has 0 aliphatic rings. The van der Waals surface area contributed by atoms with Crippen LogP contribution in [0.15, 0.2) is 53.4 Å². The van der Waals surface area contributed by atoms with E-state index in [1.165, 1.54) is 35.6 Å². The van der Waals surface area contributed by atoms with Crippen molar-refractivity contribution in [3.05, 3.63) is 75.9 Å². The molecule has 0 atom stereocenters. The van der Waals surface area contributed by atoms with Gasteiger partial charge in [-0.25, -0.2) is 17.6 Å². The van der Waals surface area contributed by atoms with Gasteiger partial charge in [0.05, 0.1) is 17.1 Å². The number of anilines is 2. The van der Waals surface area contributed by atoms with Crippen molar-refractivity contribution >= 4 is 50.0 Å². The minimum atomic E-state index is -3.94. The van der Waals surface area contributed by atoms with Gasteiger partial charge in [0, 0.05) is 16.1 Å². The lowest BCUT2D eigenvalue weighted by Crippen LogP contribution is -2.31. The zero-order chi connectivity index (χ0) is 25.8. The lowest BCUT2D eigenvalue weighted by Gasteiger charge is -2.10. The Hall–Kier alpha value is -3.77. The SMILES string of the molecule is CCOC(=O)NC(=O)c1c(NC(=O)c2ccc(NS(=O)(=O)c3ccc(F)cc3)cc2)sc(C)c1C. The largest absolute Gasteiger partial charge is 0.450 e. The predicted molar refractivity (Wildman–Crippen MR) is 130 cm³/mol. The first-order valence-corrected chi connectivity index (χ1v) is 12.6. The third-order valence-corrected chi connectivity index (χ3v) is 7.37. The van der Waals surface area contributed by atoms with Gasteiger partial charge >= 0.3 is 6.09 Å². The predicted octanol–water partition coefficient (Wildman–Crippen LogP) is 4.44. The van der Waals surface area contributed by atoms with Crippen LogP contribution in [0.3, 0.4) is 0 Å². The molecule has 3 N–H and O–H groups in total. The fourth-order valence-corrected chi connectivity index (χ4v) is 5.12. The summed E-state index contributed by atoms with van der Waals surface area (Å²) >= 11 is 1.18. The molecule has 2 aromatic carbocycles. The van der Waals surface area contributed by atoms with Crippen molar-refractivity contribution in [2.75, 3.05) is 16.6 Å². The number of nitrogens with one attached hydrogen (secondary N) is 3. The van der Waals surface area contributed by atoms with E-state index in [4.69, 9.17) is 4.74 Å². The van der Waals surface area contributed by atoms with Gasteiger partial charge in [-0.15, -0.1) is 11.3 Å². The first-order valence-electron chi connectivity index (χ1n) is 10.3. The Labute approximate surface area is 205 Å². The van der Waals surface area contributed by atoms with Crippen LogP contribution in [0.1, 0.15) is 38.1 Å². The molecule has 0 aliphatic carbocycles. The molecule has 1 heterocycles. The zero-order valence-corrected chi connectivity index (χ0v) is 20.6. The second-order valence-electron chi connectivity index (χ2n) is 7.25. The maximum atomic E-state index is 13.1. The van der Waals surface area contributed by atoms with Crippen molar-refractivity contribution in [2.24, 2.45) is 0 Å². The van der Waals surface area contributed by atoms with Crippen molar-refractivity contribution in [3.8, 4) is 0 Å². The molecular formula is C23H22FN3O6S2. The van der Waals surface area contributed by atoms with Crippen LogP contribution in [0.4, 0.5) is 19.9 Å². The number of benzene rings is 2. The highest BCUT2D eigenvalue weighted by molar-refractivity contribution is 7.92. The smallest absolute Gasteiger partial charge is 0.414 e. The molecule has 12 heteroatoms. The summed E-state index contributed by atoms with van der Waals surface area (Å²) in [6.45, 7) is 5.18. The van der Waals surface area contributed by atoms with Crippen LogP contribution in [0.2, 0.25) is 0 Å². The van der Waals surface area contributed by atoms with Crippen LogP contribution in [0.5, 0.6) is 0 Å². The van der Waals surface area contributed by atoms with Gasteiger partial charge < -0.3 is 10.1 Å². The van der Waals surface area contributed by atoms with Gasteiger partial charge in [0.25, 0.3) is 21.8 Å². The molecule has 3 amide bonds. The summed E-state index contributed by atoms with van der Waals surface area (Å²) in [5, 5.41) is 5.04. The third kappa shape index (κ3) is 6.22. The van der Waals surface area contributed by atoms with Crippen LogP contribution in [-0.4, -0.2) is 32.9 Å². The number of ether oxygens (including phenoxy) is 1. The van der Waals surface area contributed by atoms with E-state index in [1.807, 2.05) is 0 Å². The van der Waals surface area contributed by atoms with Crippen LogP contribution < -0.4 is 15.4 Å². The summed E-state index contributed by atoms with van der Waals surface area (Å²) < 4.78 is 45.0. The molecule has 0 radical (unpaired) electrons. The average Bonchev–Trinajstić information content (AvgIpc) is 3.07. The lowest BCUT2D eigenvalue weighted by molar-refractivity contribution is 0.0925. The molecular weight excluding hydrogens is 497 g/mol. The first kappa shape index (κ1) is 25.8. The van der Waals surface area contributed by atoms with E-state index in [0.29, 0.717) is 5.56 Å². The molecule has 1 aromatic heterocycles. The first-order chi connectivity index (χ1) is 16.5. The van der Waals surface area contributed by atoms with E-state index in [1.54, 1.807) is 20.8 Å². The summed E-state index contributed by atoms with van der Waals surface area (Å²) in [7, 11) is -3.94. The third-order valence-electron chi connectivity index (χ3n) is 4.85. The molecule has 0 spiro atoms. The molecule has 0 fully saturated rings. The fourth-order valence-electron chi connectivity index (χ4n) is 3.00. The molecule has 9 nitrogen and oxygen atoms in total. The maximum absolute atomic E-state index is 13.1.